The van der Waals surface area contributed by atoms with Crippen LogP contribution in [-0.2, 0) is 4.79 Å². The number of allylic oxidation sites excluding steroid dienone is 1. The van der Waals surface area contributed by atoms with Crippen LogP contribution < -0.4 is 15.4 Å². The second-order valence-corrected chi connectivity index (χ2v) is 8.65. The summed E-state index contributed by atoms with van der Waals surface area (Å²) in [6.07, 6.45) is 4.68. The second kappa shape index (κ2) is 14.3. The number of ether oxygens (including phenoxy) is 1. The molecule has 3 rings (SSSR count). The molecule has 0 fully saturated rings. The number of aromatic nitrogens is 1. The van der Waals surface area contributed by atoms with Gasteiger partial charge in [0, 0.05) is 45.0 Å². The summed E-state index contributed by atoms with van der Waals surface area (Å²) < 4.78 is 5.88. The van der Waals surface area contributed by atoms with E-state index in [4.69, 9.17) is 9.84 Å². The van der Waals surface area contributed by atoms with Gasteiger partial charge in [-0.05, 0) is 53.0 Å². The molecule has 8 heteroatoms. The first-order chi connectivity index (χ1) is 18.4. The highest BCUT2D eigenvalue weighted by Crippen LogP contribution is 2.35. The van der Waals surface area contributed by atoms with E-state index in [-0.39, 0.29) is 11.7 Å². The van der Waals surface area contributed by atoms with E-state index in [2.05, 4.69) is 34.7 Å². The van der Waals surface area contributed by atoms with E-state index in [0.29, 0.717) is 19.7 Å². The van der Waals surface area contributed by atoms with Crippen LogP contribution in [0.2, 0.25) is 0 Å². The Morgan fingerprint density at radius 1 is 0.974 bits per heavy atom. The van der Waals surface area contributed by atoms with E-state index in [0.717, 1.165) is 40.0 Å². The number of amides is 2. The smallest absolute Gasteiger partial charge is 0.410 e. The lowest BCUT2D eigenvalue weighted by Crippen LogP contribution is -2.22. The van der Waals surface area contributed by atoms with Gasteiger partial charge in [-0.25, -0.2) is 9.78 Å². The van der Waals surface area contributed by atoms with Gasteiger partial charge in [0.05, 0.1) is 0 Å². The molecule has 0 aliphatic carbocycles. The number of anilines is 1. The summed E-state index contributed by atoms with van der Waals surface area (Å²) >= 11 is 0. The van der Waals surface area contributed by atoms with Crippen molar-refractivity contribution in [3.8, 4) is 5.75 Å². The fraction of sp³-hybridized carbons (Fsp3) is 0.233. The molecule has 0 unspecified atom stereocenters. The number of rotatable bonds is 12. The predicted molar refractivity (Wildman–Crippen MR) is 151 cm³/mol. The number of nitrogens with one attached hydrogen (secondary N) is 2. The number of carbonyl (C=O) groups excluding carboxylic acids is 1. The minimum absolute atomic E-state index is 0.0429. The average Bonchev–Trinajstić information content (AvgIpc) is 2.92. The van der Waals surface area contributed by atoms with E-state index < -0.39 is 6.09 Å². The molecular formula is C30H34N4O4. The molecule has 0 aliphatic heterocycles. The highest BCUT2D eigenvalue weighted by Gasteiger charge is 2.14. The van der Waals surface area contributed by atoms with Crippen molar-refractivity contribution < 1.29 is 19.4 Å². The van der Waals surface area contributed by atoms with Crippen molar-refractivity contribution >= 4 is 29.0 Å². The van der Waals surface area contributed by atoms with Crippen LogP contribution in [0.1, 0.15) is 30.0 Å². The lowest BCUT2D eigenvalue weighted by molar-refractivity contribution is -0.123. The molecule has 0 saturated carbocycles. The molecule has 3 N–H and O–H groups in total. The molecular weight excluding hydrogens is 480 g/mol. The van der Waals surface area contributed by atoms with E-state index in [1.807, 2.05) is 48.5 Å². The Labute approximate surface area is 223 Å². The standard InChI is InChI=1S/C30H34N4O4/c1-4-26(22-9-6-5-7-10-22)29(24-14-17-27(32-21-24)33-30(36)37)23-12-15-25(16-13-23)38-20-19-31-18-8-11-28(35)34(2)3/h5-17,21,31H,4,18-20H2,1-3H3,(H,32,33)(H,36,37)/b11-8+,29-26+. The van der Waals surface area contributed by atoms with Gasteiger partial charge in [0.1, 0.15) is 18.2 Å². The number of likely N-dealkylation sites (N-methyl/N-ethyl adjacent to an activating group) is 1. The van der Waals surface area contributed by atoms with Gasteiger partial charge in [0.25, 0.3) is 0 Å². The number of hydrogen-bond acceptors (Lipinski definition) is 5. The zero-order valence-corrected chi connectivity index (χ0v) is 22.0. The summed E-state index contributed by atoms with van der Waals surface area (Å²) in [5, 5.41) is 14.5. The number of benzene rings is 2. The minimum Gasteiger partial charge on any atom is -0.492 e. The Bertz CT molecular complexity index is 1250. The van der Waals surface area contributed by atoms with Gasteiger partial charge in [-0.2, -0.15) is 0 Å². The first-order valence-corrected chi connectivity index (χ1v) is 12.5. The molecule has 0 saturated heterocycles. The first kappa shape index (κ1) is 28.1. The number of nitrogens with zero attached hydrogens (tertiary/aromatic N) is 2. The van der Waals surface area contributed by atoms with Crippen LogP contribution in [0.5, 0.6) is 5.75 Å². The summed E-state index contributed by atoms with van der Waals surface area (Å²) in [7, 11) is 3.43. The van der Waals surface area contributed by atoms with Crippen molar-refractivity contribution in [1.29, 1.82) is 0 Å². The van der Waals surface area contributed by atoms with Crippen LogP contribution in [0.25, 0.3) is 11.1 Å². The van der Waals surface area contributed by atoms with Crippen LogP contribution in [0.3, 0.4) is 0 Å². The average molecular weight is 515 g/mol. The third kappa shape index (κ3) is 8.31. The van der Waals surface area contributed by atoms with E-state index in [1.165, 1.54) is 4.90 Å². The van der Waals surface area contributed by atoms with Crippen LogP contribution in [0, 0.1) is 0 Å². The molecule has 38 heavy (non-hydrogen) atoms. The summed E-state index contributed by atoms with van der Waals surface area (Å²) in [6.45, 7) is 3.84. The van der Waals surface area contributed by atoms with Crippen molar-refractivity contribution in [1.82, 2.24) is 15.2 Å². The zero-order chi connectivity index (χ0) is 27.3. The van der Waals surface area contributed by atoms with Gasteiger partial charge in [-0.15, -0.1) is 0 Å². The van der Waals surface area contributed by atoms with Gasteiger partial charge in [-0.1, -0.05) is 55.5 Å². The SMILES string of the molecule is CC/C(=C(/c1ccc(OCCNC/C=C/C(=O)N(C)C)cc1)c1ccc(NC(=O)O)nc1)c1ccccc1. The lowest BCUT2D eigenvalue weighted by atomic mass is 9.89. The third-order valence-electron chi connectivity index (χ3n) is 5.72. The van der Waals surface area contributed by atoms with E-state index in [1.54, 1.807) is 38.5 Å². The summed E-state index contributed by atoms with van der Waals surface area (Å²) in [5.41, 5.74) is 5.20. The maximum atomic E-state index is 11.5. The highest BCUT2D eigenvalue weighted by molar-refractivity contribution is 5.98. The van der Waals surface area contributed by atoms with Gasteiger partial charge in [0.15, 0.2) is 0 Å². The molecule has 1 heterocycles. The van der Waals surface area contributed by atoms with Crippen molar-refractivity contribution in [2.75, 3.05) is 39.1 Å². The maximum Gasteiger partial charge on any atom is 0.410 e. The highest BCUT2D eigenvalue weighted by atomic mass is 16.5. The quantitative estimate of drug-likeness (QED) is 0.175. The Hall–Kier alpha value is -4.43. The molecule has 3 aromatic rings. The lowest BCUT2D eigenvalue weighted by Gasteiger charge is -2.17. The fourth-order valence-electron chi connectivity index (χ4n) is 3.86. The Morgan fingerprint density at radius 2 is 1.68 bits per heavy atom. The first-order valence-electron chi connectivity index (χ1n) is 12.5. The molecule has 1 aromatic heterocycles. The molecule has 2 amide bonds. The summed E-state index contributed by atoms with van der Waals surface area (Å²) in [5.74, 6) is 0.985. The molecule has 0 atom stereocenters. The van der Waals surface area contributed by atoms with Gasteiger partial charge in [0.2, 0.25) is 5.91 Å². The number of carboxylic acid groups (broad SMARTS) is 1. The normalized spacial score (nSPS) is 11.7. The monoisotopic (exact) mass is 514 g/mol. The Balaban J connectivity index is 1.75. The van der Waals surface area contributed by atoms with Crippen LogP contribution >= 0.6 is 0 Å². The summed E-state index contributed by atoms with van der Waals surface area (Å²) in [4.78, 5) is 28.3. The van der Waals surface area contributed by atoms with Gasteiger partial charge in [-0.3, -0.25) is 10.1 Å². The third-order valence-corrected chi connectivity index (χ3v) is 5.72. The molecule has 0 bridgehead atoms. The van der Waals surface area contributed by atoms with Crippen molar-refractivity contribution in [3.63, 3.8) is 0 Å². The fourth-order valence-corrected chi connectivity index (χ4v) is 3.86. The molecule has 0 radical (unpaired) electrons. The van der Waals surface area contributed by atoms with Crippen LogP contribution in [0.4, 0.5) is 10.6 Å². The van der Waals surface area contributed by atoms with Crippen molar-refractivity contribution in [2.45, 2.75) is 13.3 Å². The zero-order valence-electron chi connectivity index (χ0n) is 22.0. The Morgan fingerprint density at radius 3 is 2.29 bits per heavy atom. The van der Waals surface area contributed by atoms with Gasteiger partial charge >= 0.3 is 6.09 Å². The molecule has 8 nitrogen and oxygen atoms in total. The molecule has 0 spiro atoms. The predicted octanol–water partition coefficient (Wildman–Crippen LogP) is 5.15. The van der Waals surface area contributed by atoms with E-state index >= 15 is 0 Å². The number of pyridine rings is 1. The Kier molecular flexibility index (Phi) is 10.6. The largest absolute Gasteiger partial charge is 0.492 e. The van der Waals surface area contributed by atoms with Crippen molar-refractivity contribution in [2.24, 2.45) is 0 Å². The van der Waals surface area contributed by atoms with E-state index in [9.17, 15) is 9.59 Å². The minimum atomic E-state index is -1.15. The molecule has 0 aliphatic rings. The second-order valence-electron chi connectivity index (χ2n) is 8.65. The van der Waals surface area contributed by atoms with Crippen LogP contribution in [-0.4, -0.2) is 60.8 Å². The molecule has 2 aromatic carbocycles. The van der Waals surface area contributed by atoms with Crippen LogP contribution in [0.15, 0.2) is 85.1 Å². The number of carbonyl (C=O) groups is 2. The number of hydrogen-bond donors (Lipinski definition) is 3. The summed E-state index contributed by atoms with van der Waals surface area (Å²) in [6, 6.07) is 21.7. The van der Waals surface area contributed by atoms with Crippen molar-refractivity contribution in [3.05, 3.63) is 102 Å². The van der Waals surface area contributed by atoms with Gasteiger partial charge < -0.3 is 20.1 Å². The maximum absolute atomic E-state index is 11.5. The molecule has 198 valence electrons. The topological polar surface area (TPSA) is 104 Å².